The number of anilines is 2. The normalized spacial score (nSPS) is 20.3. The topological polar surface area (TPSA) is 111 Å². The van der Waals surface area contributed by atoms with Gasteiger partial charge in [0.1, 0.15) is 5.82 Å². The lowest BCUT2D eigenvalue weighted by Crippen LogP contribution is -2.48. The number of aromatic nitrogens is 2. The van der Waals surface area contributed by atoms with Crippen LogP contribution in [-0.4, -0.2) is 86.7 Å². The maximum atomic E-state index is 15.2. The summed E-state index contributed by atoms with van der Waals surface area (Å²) in [6.45, 7) is 8.04. The third-order valence-corrected chi connectivity index (χ3v) is 9.13. The molecule has 3 aromatic rings. The highest BCUT2D eigenvalue weighted by Gasteiger charge is 2.46. The molecule has 0 aliphatic carbocycles. The number of likely N-dealkylation sites (tertiary alicyclic amines) is 1. The zero-order chi connectivity index (χ0) is 30.8. The number of rotatable bonds is 8. The van der Waals surface area contributed by atoms with Gasteiger partial charge < -0.3 is 25.0 Å². The van der Waals surface area contributed by atoms with Crippen LogP contribution in [0, 0.1) is 19.7 Å². The Kier molecular flexibility index (Phi) is 8.76. The number of hydrogen-bond acceptors (Lipinski definition) is 7. The number of urea groups is 1. The van der Waals surface area contributed by atoms with E-state index < -0.39 is 5.97 Å². The van der Waals surface area contributed by atoms with E-state index in [1.807, 2.05) is 35.9 Å². The molecule has 2 amide bonds. The molecule has 232 valence electrons. The first-order valence-electron chi connectivity index (χ1n) is 15.3. The number of nitrogens with zero attached hydrogens (tertiary/aromatic N) is 5. The lowest BCUT2D eigenvalue weighted by Gasteiger charge is -2.39. The molecule has 3 saturated heterocycles. The van der Waals surface area contributed by atoms with E-state index in [4.69, 9.17) is 9.84 Å². The van der Waals surface area contributed by atoms with Crippen molar-refractivity contribution in [2.24, 2.45) is 0 Å². The van der Waals surface area contributed by atoms with Gasteiger partial charge in [-0.2, -0.15) is 0 Å². The van der Waals surface area contributed by atoms with Gasteiger partial charge in [-0.15, -0.1) is 0 Å². The molecule has 0 unspecified atom stereocenters. The van der Waals surface area contributed by atoms with Crippen molar-refractivity contribution in [3.8, 4) is 0 Å². The van der Waals surface area contributed by atoms with Crippen molar-refractivity contribution in [2.75, 3.05) is 38.2 Å². The molecule has 4 heterocycles. The Morgan fingerprint density at radius 3 is 2.45 bits per heavy atom. The van der Waals surface area contributed by atoms with Crippen molar-refractivity contribution in [1.82, 2.24) is 24.7 Å². The fraction of sp³-hybridized carbons (Fsp3) is 0.455. The number of ether oxygens (including phenoxy) is 1. The Morgan fingerprint density at radius 2 is 1.77 bits per heavy atom. The number of carboxylic acids is 1. The second-order valence-corrected chi connectivity index (χ2v) is 12.0. The van der Waals surface area contributed by atoms with Crippen LogP contribution in [0.2, 0.25) is 0 Å². The van der Waals surface area contributed by atoms with Crippen molar-refractivity contribution in [3.05, 3.63) is 82.4 Å². The predicted molar refractivity (Wildman–Crippen MR) is 163 cm³/mol. The molecule has 0 spiro atoms. The molecule has 3 aliphatic rings. The van der Waals surface area contributed by atoms with Gasteiger partial charge in [0.2, 0.25) is 5.95 Å². The molecule has 1 aromatic heterocycles. The molecule has 6 rings (SSSR count). The van der Waals surface area contributed by atoms with E-state index >= 15 is 4.39 Å². The molecular weight excluding hydrogens is 563 g/mol. The summed E-state index contributed by atoms with van der Waals surface area (Å²) in [5.74, 6) is -0.777. The van der Waals surface area contributed by atoms with Crippen LogP contribution in [0.25, 0.3) is 0 Å². The first-order chi connectivity index (χ1) is 21.3. The Bertz CT molecular complexity index is 1500. The van der Waals surface area contributed by atoms with Crippen LogP contribution in [0.1, 0.15) is 64.5 Å². The van der Waals surface area contributed by atoms with Crippen LogP contribution in [0.4, 0.5) is 20.8 Å². The van der Waals surface area contributed by atoms with Gasteiger partial charge in [0, 0.05) is 80.2 Å². The molecular formula is C33H39FN6O4. The van der Waals surface area contributed by atoms with Crippen LogP contribution >= 0.6 is 0 Å². The lowest BCUT2D eigenvalue weighted by molar-refractivity contribution is 0.0493. The van der Waals surface area contributed by atoms with Gasteiger partial charge in [-0.3, -0.25) is 4.90 Å². The Morgan fingerprint density at radius 1 is 1.05 bits per heavy atom. The summed E-state index contributed by atoms with van der Waals surface area (Å²) >= 11 is 0. The molecule has 44 heavy (non-hydrogen) atoms. The summed E-state index contributed by atoms with van der Waals surface area (Å²) < 4.78 is 20.7. The highest BCUT2D eigenvalue weighted by molar-refractivity contribution is 5.88. The lowest BCUT2D eigenvalue weighted by atomic mass is 9.97. The number of piperidine rings is 1. The maximum absolute atomic E-state index is 15.2. The second-order valence-electron chi connectivity index (χ2n) is 12.0. The van der Waals surface area contributed by atoms with Crippen LogP contribution < -0.4 is 5.32 Å². The fourth-order valence-electron chi connectivity index (χ4n) is 6.64. The van der Waals surface area contributed by atoms with E-state index in [0.29, 0.717) is 43.5 Å². The molecule has 3 aliphatic heterocycles. The average molecular weight is 603 g/mol. The zero-order valence-electron chi connectivity index (χ0n) is 25.2. The Hall–Kier alpha value is -4.09. The smallest absolute Gasteiger partial charge is 0.335 e. The SMILES string of the molecule is Cc1ccc(F)c([C@@H]2CN(C3CCOCC3)C(=O)N2C2CCN(Cc3cnc(Nc4ccc(C(=O)O)cc4)nc3C)CC2)c1. The molecule has 0 saturated carbocycles. The minimum Gasteiger partial charge on any atom is -0.478 e. The number of amides is 2. The van der Waals surface area contributed by atoms with Crippen LogP contribution in [0.5, 0.6) is 0 Å². The van der Waals surface area contributed by atoms with Gasteiger partial charge in [-0.05, 0) is 69.9 Å². The zero-order valence-corrected chi connectivity index (χ0v) is 25.2. The van der Waals surface area contributed by atoms with Gasteiger partial charge in [0.05, 0.1) is 11.6 Å². The number of carboxylic acid groups (broad SMARTS) is 1. The minimum atomic E-state index is -0.971. The number of aryl methyl sites for hydroxylation is 2. The summed E-state index contributed by atoms with van der Waals surface area (Å²) in [6.07, 6.45) is 5.07. The van der Waals surface area contributed by atoms with Gasteiger partial charge in [0.15, 0.2) is 0 Å². The number of aromatic carboxylic acids is 1. The summed E-state index contributed by atoms with van der Waals surface area (Å²) in [6, 6.07) is 11.5. The van der Waals surface area contributed by atoms with Crippen LogP contribution in [0.3, 0.4) is 0 Å². The second kappa shape index (κ2) is 12.9. The highest BCUT2D eigenvalue weighted by Crippen LogP contribution is 2.38. The highest BCUT2D eigenvalue weighted by atomic mass is 19.1. The fourth-order valence-corrected chi connectivity index (χ4v) is 6.64. The van der Waals surface area contributed by atoms with Gasteiger partial charge in [-0.25, -0.2) is 23.9 Å². The Labute approximate surface area is 256 Å². The number of carbonyl (C=O) groups excluding carboxylic acids is 1. The van der Waals surface area contributed by atoms with Crippen molar-refractivity contribution in [3.63, 3.8) is 0 Å². The molecule has 0 radical (unpaired) electrons. The number of hydrogen-bond donors (Lipinski definition) is 2. The molecule has 11 heteroatoms. The largest absolute Gasteiger partial charge is 0.478 e. The van der Waals surface area contributed by atoms with E-state index in [0.717, 1.165) is 55.6 Å². The van der Waals surface area contributed by atoms with Crippen LogP contribution in [0.15, 0.2) is 48.7 Å². The summed E-state index contributed by atoms with van der Waals surface area (Å²) in [7, 11) is 0. The van der Waals surface area contributed by atoms with Crippen LogP contribution in [-0.2, 0) is 11.3 Å². The van der Waals surface area contributed by atoms with E-state index in [1.54, 1.807) is 18.2 Å². The average Bonchev–Trinajstić information content (AvgIpc) is 3.37. The molecule has 2 aromatic carbocycles. The van der Waals surface area contributed by atoms with E-state index in [2.05, 4.69) is 20.2 Å². The van der Waals surface area contributed by atoms with E-state index in [9.17, 15) is 9.59 Å². The predicted octanol–water partition coefficient (Wildman–Crippen LogP) is 5.30. The van der Waals surface area contributed by atoms with Gasteiger partial charge in [0.25, 0.3) is 0 Å². The molecule has 0 bridgehead atoms. The number of carbonyl (C=O) groups is 2. The summed E-state index contributed by atoms with van der Waals surface area (Å²) in [4.78, 5) is 40.5. The van der Waals surface area contributed by atoms with E-state index in [1.165, 1.54) is 18.2 Å². The van der Waals surface area contributed by atoms with Crippen molar-refractivity contribution in [2.45, 2.75) is 64.2 Å². The van der Waals surface area contributed by atoms with Crippen molar-refractivity contribution >= 4 is 23.6 Å². The van der Waals surface area contributed by atoms with Crippen molar-refractivity contribution in [1.29, 1.82) is 0 Å². The summed E-state index contributed by atoms with van der Waals surface area (Å²) in [5, 5.41) is 12.2. The van der Waals surface area contributed by atoms with Gasteiger partial charge >= 0.3 is 12.0 Å². The standard InChI is InChI=1S/C33H39FN6O4/c1-21-3-8-29(34)28(17-21)30-20-39(26-11-15-44-16-12-26)33(43)40(30)27-9-13-38(14-10-27)19-24-18-35-32(36-22(24)2)37-25-6-4-23(5-7-25)31(41)42/h3-8,17-18,26-27,30H,9-16,19-20H2,1-2H3,(H,41,42)(H,35,36,37)/t30-/m0/s1. The molecule has 2 N–H and O–H groups in total. The minimum absolute atomic E-state index is 0.0196. The van der Waals surface area contributed by atoms with E-state index in [-0.39, 0.29) is 35.5 Å². The molecule has 1 atom stereocenters. The first kappa shape index (κ1) is 30.0. The summed E-state index contributed by atoms with van der Waals surface area (Å²) in [5.41, 5.74) is 4.41. The quantitative estimate of drug-likeness (QED) is 0.358. The van der Waals surface area contributed by atoms with Crippen molar-refractivity contribution < 1.29 is 23.8 Å². The third-order valence-electron chi connectivity index (χ3n) is 9.13. The molecule has 10 nitrogen and oxygen atoms in total. The number of halogens is 1. The first-order valence-corrected chi connectivity index (χ1v) is 15.3. The number of nitrogens with one attached hydrogen (secondary N) is 1. The molecule has 3 fully saturated rings. The Balaban J connectivity index is 1.11. The monoisotopic (exact) mass is 602 g/mol. The third kappa shape index (κ3) is 6.39. The number of benzene rings is 2. The maximum Gasteiger partial charge on any atom is 0.335 e. The van der Waals surface area contributed by atoms with Gasteiger partial charge in [-0.1, -0.05) is 17.7 Å².